The lowest BCUT2D eigenvalue weighted by molar-refractivity contribution is -0.729. The molecule has 1 amide bonds. The monoisotopic (exact) mass is 327 g/mol. The average Bonchev–Trinajstić information content (AvgIpc) is 2.54. The molecule has 0 spiro atoms. The number of benzene rings is 1. The van der Waals surface area contributed by atoms with E-state index >= 15 is 0 Å². The Bertz CT molecular complexity index is 601. The molecule has 4 aliphatic rings. The van der Waals surface area contributed by atoms with Gasteiger partial charge in [0.1, 0.15) is 0 Å². The van der Waals surface area contributed by atoms with Crippen LogP contribution in [0.1, 0.15) is 56.6 Å². The van der Waals surface area contributed by atoms with Crippen molar-refractivity contribution in [3.05, 3.63) is 29.3 Å². The largest absolute Gasteiger partial charge is 0.334 e. The highest BCUT2D eigenvalue weighted by atomic mass is 16.1. The number of para-hydroxylation sites is 1. The molecule has 0 atom stereocenters. The molecular formula is C21H31N2O+. The number of rotatable bonds is 5. The van der Waals surface area contributed by atoms with Crippen molar-refractivity contribution < 1.29 is 10.1 Å². The summed E-state index contributed by atoms with van der Waals surface area (Å²) in [5.41, 5.74) is 3.81. The van der Waals surface area contributed by atoms with Crippen molar-refractivity contribution in [2.75, 3.05) is 11.9 Å². The van der Waals surface area contributed by atoms with Gasteiger partial charge in [-0.1, -0.05) is 25.1 Å². The Kier molecular flexibility index (Phi) is 4.16. The zero-order valence-corrected chi connectivity index (χ0v) is 15.1. The molecular weight excluding hydrogens is 296 g/mol. The number of nitrogens with one attached hydrogen (secondary N) is 1. The summed E-state index contributed by atoms with van der Waals surface area (Å²) in [4.78, 5) is 12.6. The van der Waals surface area contributed by atoms with Crippen molar-refractivity contribution in [3.63, 3.8) is 0 Å². The molecule has 4 fully saturated rings. The van der Waals surface area contributed by atoms with E-state index in [1.807, 2.05) is 0 Å². The van der Waals surface area contributed by atoms with Crippen LogP contribution in [0, 0.1) is 24.7 Å². The third-order valence-corrected chi connectivity index (χ3v) is 6.81. The van der Waals surface area contributed by atoms with Gasteiger partial charge in [0.2, 0.25) is 0 Å². The van der Waals surface area contributed by atoms with Gasteiger partial charge in [-0.2, -0.15) is 0 Å². The molecule has 3 heteroatoms. The first-order chi connectivity index (χ1) is 11.6. The molecule has 1 aromatic rings. The molecule has 0 aromatic heterocycles. The van der Waals surface area contributed by atoms with Gasteiger partial charge in [0, 0.05) is 24.9 Å². The van der Waals surface area contributed by atoms with Crippen molar-refractivity contribution >= 4 is 11.6 Å². The smallest absolute Gasteiger partial charge is 0.279 e. The number of anilines is 1. The Morgan fingerprint density at radius 3 is 2.38 bits per heavy atom. The summed E-state index contributed by atoms with van der Waals surface area (Å²) in [6, 6.07) is 6.27. The maximum atomic E-state index is 12.6. The topological polar surface area (TPSA) is 45.7 Å². The predicted octanol–water partition coefficient (Wildman–Crippen LogP) is 3.03. The standard InChI is InChI=1S/C21H30N2O/c1-3-18-6-4-5-14(2)20(18)23-19(24)13-22-21-10-15-7-16(11-21)9-17(8-15)12-21/h4-6,15-17,22H,3,7-13H2,1-2H3,(H,23,24)/p+1. The molecule has 24 heavy (non-hydrogen) atoms. The van der Waals surface area contributed by atoms with E-state index in [9.17, 15) is 4.79 Å². The lowest BCUT2D eigenvalue weighted by atomic mass is 9.53. The van der Waals surface area contributed by atoms with Crippen molar-refractivity contribution in [2.45, 2.75) is 64.3 Å². The first kappa shape index (κ1) is 16.1. The van der Waals surface area contributed by atoms with Gasteiger partial charge >= 0.3 is 0 Å². The number of hydrogen-bond donors (Lipinski definition) is 2. The van der Waals surface area contributed by atoms with Gasteiger partial charge in [0.05, 0.1) is 5.54 Å². The van der Waals surface area contributed by atoms with Crippen LogP contribution in [0.25, 0.3) is 0 Å². The Morgan fingerprint density at radius 1 is 1.17 bits per heavy atom. The summed E-state index contributed by atoms with van der Waals surface area (Å²) < 4.78 is 0. The number of quaternary nitrogens is 1. The van der Waals surface area contributed by atoms with Crippen LogP contribution >= 0.6 is 0 Å². The quantitative estimate of drug-likeness (QED) is 0.858. The highest BCUT2D eigenvalue weighted by Crippen LogP contribution is 2.54. The van der Waals surface area contributed by atoms with E-state index in [1.165, 1.54) is 44.1 Å². The molecule has 0 aliphatic heterocycles. The highest BCUT2D eigenvalue weighted by molar-refractivity contribution is 5.93. The van der Waals surface area contributed by atoms with Crippen molar-refractivity contribution in [2.24, 2.45) is 17.8 Å². The van der Waals surface area contributed by atoms with E-state index in [0.29, 0.717) is 12.1 Å². The van der Waals surface area contributed by atoms with Gasteiger partial charge in [0.15, 0.2) is 6.54 Å². The second kappa shape index (κ2) is 6.18. The molecule has 4 bridgehead atoms. The predicted molar refractivity (Wildman–Crippen MR) is 96.9 cm³/mol. The van der Waals surface area contributed by atoms with E-state index in [-0.39, 0.29) is 5.91 Å². The maximum Gasteiger partial charge on any atom is 0.279 e. The first-order valence-corrected chi connectivity index (χ1v) is 9.79. The Balaban J connectivity index is 1.39. The van der Waals surface area contributed by atoms with E-state index in [4.69, 9.17) is 0 Å². The number of carbonyl (C=O) groups is 1. The Labute approximate surface area is 145 Å². The van der Waals surface area contributed by atoms with E-state index in [0.717, 1.165) is 35.4 Å². The summed E-state index contributed by atoms with van der Waals surface area (Å²) in [6.07, 6.45) is 9.37. The third kappa shape index (κ3) is 2.99. The minimum atomic E-state index is 0.162. The number of amides is 1. The second-order valence-electron chi connectivity index (χ2n) is 8.70. The molecule has 0 unspecified atom stereocenters. The summed E-state index contributed by atoms with van der Waals surface area (Å²) in [6.45, 7) is 4.80. The molecule has 0 saturated heterocycles. The highest BCUT2D eigenvalue weighted by Gasteiger charge is 2.53. The second-order valence-corrected chi connectivity index (χ2v) is 8.70. The number of aryl methyl sites for hydroxylation is 2. The summed E-state index contributed by atoms with van der Waals surface area (Å²) in [7, 11) is 0. The Hall–Kier alpha value is -1.35. The molecule has 4 aliphatic carbocycles. The Morgan fingerprint density at radius 2 is 1.79 bits per heavy atom. The van der Waals surface area contributed by atoms with Gasteiger partial charge in [-0.25, -0.2) is 0 Å². The van der Waals surface area contributed by atoms with Gasteiger partial charge in [-0.05, 0) is 61.5 Å². The van der Waals surface area contributed by atoms with Crippen LogP contribution in [-0.2, 0) is 11.2 Å². The van der Waals surface area contributed by atoms with Crippen molar-refractivity contribution in [1.82, 2.24) is 0 Å². The van der Waals surface area contributed by atoms with Crippen LogP contribution in [0.5, 0.6) is 0 Å². The normalized spacial score (nSPS) is 33.7. The summed E-state index contributed by atoms with van der Waals surface area (Å²) >= 11 is 0. The molecule has 0 heterocycles. The fraction of sp³-hybridized carbons (Fsp3) is 0.667. The molecule has 5 rings (SSSR count). The van der Waals surface area contributed by atoms with Gasteiger partial charge in [0.25, 0.3) is 5.91 Å². The molecule has 0 radical (unpaired) electrons. The first-order valence-electron chi connectivity index (χ1n) is 9.79. The van der Waals surface area contributed by atoms with Crippen LogP contribution in [0.15, 0.2) is 18.2 Å². The van der Waals surface area contributed by atoms with E-state index < -0.39 is 0 Å². The summed E-state index contributed by atoms with van der Waals surface area (Å²) in [5.74, 6) is 2.99. The number of nitrogens with two attached hydrogens (primary N) is 1. The average molecular weight is 327 g/mol. The van der Waals surface area contributed by atoms with Crippen LogP contribution < -0.4 is 10.6 Å². The maximum absolute atomic E-state index is 12.6. The lowest BCUT2D eigenvalue weighted by Gasteiger charge is -2.54. The molecule has 4 saturated carbocycles. The van der Waals surface area contributed by atoms with Crippen molar-refractivity contribution in [1.29, 1.82) is 0 Å². The van der Waals surface area contributed by atoms with Crippen molar-refractivity contribution in [3.8, 4) is 0 Å². The van der Waals surface area contributed by atoms with E-state index in [1.54, 1.807) is 0 Å². The number of hydrogen-bond acceptors (Lipinski definition) is 1. The summed E-state index contributed by atoms with van der Waals surface area (Å²) in [5, 5.41) is 5.59. The fourth-order valence-electron chi connectivity index (χ4n) is 6.13. The molecule has 130 valence electrons. The third-order valence-electron chi connectivity index (χ3n) is 6.81. The van der Waals surface area contributed by atoms with Gasteiger partial charge in [-0.15, -0.1) is 0 Å². The minimum Gasteiger partial charge on any atom is -0.334 e. The van der Waals surface area contributed by atoms with Crippen LogP contribution in [0.2, 0.25) is 0 Å². The zero-order valence-electron chi connectivity index (χ0n) is 15.1. The van der Waals surface area contributed by atoms with Gasteiger partial charge < -0.3 is 10.6 Å². The number of carbonyl (C=O) groups excluding carboxylic acids is 1. The molecule has 3 N–H and O–H groups in total. The van der Waals surface area contributed by atoms with E-state index in [2.05, 4.69) is 42.7 Å². The van der Waals surface area contributed by atoms with Gasteiger partial charge in [-0.3, -0.25) is 4.79 Å². The van der Waals surface area contributed by atoms with Crippen LogP contribution in [0.3, 0.4) is 0 Å². The minimum absolute atomic E-state index is 0.162. The molecule has 3 nitrogen and oxygen atoms in total. The lowest BCUT2D eigenvalue weighted by Crippen LogP contribution is -3.00. The molecule has 1 aromatic carbocycles. The van der Waals surface area contributed by atoms with Crippen LogP contribution in [-0.4, -0.2) is 18.0 Å². The van der Waals surface area contributed by atoms with Crippen LogP contribution in [0.4, 0.5) is 5.69 Å². The fourth-order valence-corrected chi connectivity index (χ4v) is 6.13. The zero-order chi connectivity index (χ0) is 16.7. The SMILES string of the molecule is CCc1cccc(C)c1NC(=O)C[NH2+]C12CC3CC(CC(C3)C1)C2.